The molecule has 3 rings (SSSR count). The Hall–Kier alpha value is -2.41. The molecule has 0 unspecified atom stereocenters. The number of benzene rings is 1. The van der Waals surface area contributed by atoms with Gasteiger partial charge in [0.15, 0.2) is 5.82 Å². The van der Waals surface area contributed by atoms with Crippen molar-refractivity contribution in [3.8, 4) is 22.6 Å². The van der Waals surface area contributed by atoms with Gasteiger partial charge < -0.3 is 10.3 Å². The fraction of sp³-hybridized carbons (Fsp3) is 0.0714. The third-order valence-corrected chi connectivity index (χ3v) is 3.54. The average molecular weight is 302 g/mol. The molecule has 0 fully saturated rings. The third kappa shape index (κ3) is 2.59. The number of thioether (sulfide) groups is 1. The van der Waals surface area contributed by atoms with E-state index in [4.69, 9.17) is 10.3 Å². The fourth-order valence-electron chi connectivity index (χ4n) is 1.90. The second kappa shape index (κ2) is 5.53. The maximum absolute atomic E-state index is 13.0. The van der Waals surface area contributed by atoms with Gasteiger partial charge in [0.25, 0.3) is 0 Å². The second-order valence-electron chi connectivity index (χ2n) is 4.20. The average Bonchev–Trinajstić information content (AvgIpc) is 2.90. The molecule has 7 heteroatoms. The molecule has 0 atom stereocenters. The van der Waals surface area contributed by atoms with E-state index in [1.165, 1.54) is 23.9 Å². The molecule has 3 aromatic rings. The van der Waals surface area contributed by atoms with Crippen LogP contribution >= 0.6 is 11.8 Å². The van der Waals surface area contributed by atoms with Crippen molar-refractivity contribution in [3.63, 3.8) is 0 Å². The summed E-state index contributed by atoms with van der Waals surface area (Å²) in [4.78, 5) is 8.61. The first-order chi connectivity index (χ1) is 10.2. The Kier molecular flexibility index (Phi) is 3.57. The number of aromatic nitrogens is 3. The summed E-state index contributed by atoms with van der Waals surface area (Å²) in [6.07, 6.45) is 3.57. The Morgan fingerprint density at radius 2 is 1.95 bits per heavy atom. The summed E-state index contributed by atoms with van der Waals surface area (Å²) < 4.78 is 18.1. The highest BCUT2D eigenvalue weighted by Gasteiger charge is 2.20. The molecule has 0 aliphatic carbocycles. The van der Waals surface area contributed by atoms with E-state index in [1.807, 2.05) is 6.26 Å². The lowest BCUT2D eigenvalue weighted by molar-refractivity contribution is 0.439. The van der Waals surface area contributed by atoms with Crippen molar-refractivity contribution < 1.29 is 8.91 Å². The Balaban J connectivity index is 2.14. The van der Waals surface area contributed by atoms with E-state index < -0.39 is 0 Å². The molecule has 5 nitrogen and oxygen atoms in total. The number of hydrogen-bond donors (Lipinski definition) is 1. The highest BCUT2D eigenvalue weighted by Crippen LogP contribution is 2.34. The minimum absolute atomic E-state index is 0.132. The van der Waals surface area contributed by atoms with Crippen molar-refractivity contribution in [2.45, 2.75) is 5.03 Å². The molecule has 0 amide bonds. The quantitative estimate of drug-likeness (QED) is 0.591. The van der Waals surface area contributed by atoms with Crippen LogP contribution in [0.5, 0.6) is 0 Å². The first kappa shape index (κ1) is 13.6. The van der Waals surface area contributed by atoms with Crippen LogP contribution < -0.4 is 5.73 Å². The van der Waals surface area contributed by atoms with E-state index in [0.29, 0.717) is 22.6 Å². The van der Waals surface area contributed by atoms with Gasteiger partial charge in [0.05, 0.1) is 5.03 Å². The number of nitrogens with zero attached hydrogens (tertiary/aromatic N) is 3. The number of halogens is 1. The van der Waals surface area contributed by atoms with E-state index in [2.05, 4.69) is 15.1 Å². The zero-order chi connectivity index (χ0) is 14.8. The normalized spacial score (nSPS) is 10.8. The van der Waals surface area contributed by atoms with Gasteiger partial charge in [-0.25, -0.2) is 14.4 Å². The predicted octanol–water partition coefficient (Wildman–Crippen LogP) is 3.24. The fourth-order valence-corrected chi connectivity index (χ4v) is 2.27. The van der Waals surface area contributed by atoms with Crippen LogP contribution in [0.2, 0.25) is 0 Å². The number of anilines is 1. The summed E-state index contributed by atoms with van der Waals surface area (Å²) in [6, 6.07) is 7.71. The SMILES string of the molecule is CSc1ccnc(-c2c(-c3ccc(F)cc3)noc2N)n1. The van der Waals surface area contributed by atoms with Crippen molar-refractivity contribution in [1.29, 1.82) is 0 Å². The second-order valence-corrected chi connectivity index (χ2v) is 5.03. The van der Waals surface area contributed by atoms with Crippen LogP contribution in [0, 0.1) is 5.82 Å². The van der Waals surface area contributed by atoms with Gasteiger partial charge in [-0.15, -0.1) is 11.8 Å². The van der Waals surface area contributed by atoms with E-state index in [1.54, 1.807) is 24.4 Å². The monoisotopic (exact) mass is 302 g/mol. The maximum atomic E-state index is 13.0. The minimum Gasteiger partial charge on any atom is -0.367 e. The zero-order valence-corrected chi connectivity index (χ0v) is 11.9. The number of hydrogen-bond acceptors (Lipinski definition) is 6. The van der Waals surface area contributed by atoms with Gasteiger partial charge in [0.1, 0.15) is 17.1 Å². The molecule has 21 heavy (non-hydrogen) atoms. The predicted molar refractivity (Wildman–Crippen MR) is 79.1 cm³/mol. The van der Waals surface area contributed by atoms with Crippen LogP contribution in [0.3, 0.4) is 0 Å². The van der Waals surface area contributed by atoms with Crippen molar-refractivity contribution >= 4 is 17.6 Å². The molecular weight excluding hydrogens is 291 g/mol. The molecule has 2 N–H and O–H groups in total. The molecule has 0 saturated heterocycles. The molecule has 1 aromatic carbocycles. The maximum Gasteiger partial charge on any atom is 0.233 e. The lowest BCUT2D eigenvalue weighted by Crippen LogP contribution is -1.94. The van der Waals surface area contributed by atoms with Crippen molar-refractivity contribution in [2.75, 3.05) is 12.0 Å². The smallest absolute Gasteiger partial charge is 0.233 e. The number of nitrogen functional groups attached to an aromatic ring is 1. The molecule has 0 spiro atoms. The summed E-state index contributed by atoms with van der Waals surface area (Å²) in [6.45, 7) is 0. The Morgan fingerprint density at radius 3 is 2.67 bits per heavy atom. The van der Waals surface area contributed by atoms with E-state index in [0.717, 1.165) is 5.03 Å². The molecule has 0 saturated carbocycles. The standard InChI is InChI=1S/C14H11FN4OS/c1-21-10-6-7-17-14(18-10)11-12(19-20-13(11)16)8-2-4-9(15)5-3-8/h2-7H,16H2,1H3. The number of nitrogens with two attached hydrogens (primary N) is 1. The lowest BCUT2D eigenvalue weighted by atomic mass is 10.1. The summed E-state index contributed by atoms with van der Waals surface area (Å²) in [5, 5.41) is 4.75. The van der Waals surface area contributed by atoms with E-state index in [-0.39, 0.29) is 11.7 Å². The summed E-state index contributed by atoms with van der Waals surface area (Å²) >= 11 is 1.50. The Morgan fingerprint density at radius 1 is 1.19 bits per heavy atom. The van der Waals surface area contributed by atoms with Gasteiger partial charge in [-0.1, -0.05) is 5.16 Å². The molecular formula is C14H11FN4OS. The van der Waals surface area contributed by atoms with Crippen LogP contribution in [0.15, 0.2) is 46.1 Å². The van der Waals surface area contributed by atoms with Gasteiger partial charge in [-0.2, -0.15) is 0 Å². The van der Waals surface area contributed by atoms with Gasteiger partial charge in [0, 0.05) is 11.8 Å². The van der Waals surface area contributed by atoms with E-state index >= 15 is 0 Å². The van der Waals surface area contributed by atoms with Crippen molar-refractivity contribution in [3.05, 3.63) is 42.3 Å². The minimum atomic E-state index is -0.322. The molecule has 2 aromatic heterocycles. The highest BCUT2D eigenvalue weighted by atomic mass is 32.2. The van der Waals surface area contributed by atoms with Crippen LogP contribution in [0.4, 0.5) is 10.3 Å². The molecule has 2 heterocycles. The van der Waals surface area contributed by atoms with Crippen molar-refractivity contribution in [2.24, 2.45) is 0 Å². The topological polar surface area (TPSA) is 77.8 Å². The van der Waals surface area contributed by atoms with Gasteiger partial charge >= 0.3 is 0 Å². The zero-order valence-electron chi connectivity index (χ0n) is 11.1. The molecule has 0 aliphatic rings. The van der Waals surface area contributed by atoms with Gasteiger partial charge in [-0.3, -0.25) is 0 Å². The van der Waals surface area contributed by atoms with Gasteiger partial charge in [-0.05, 0) is 36.6 Å². The van der Waals surface area contributed by atoms with E-state index in [9.17, 15) is 4.39 Å². The Bertz CT molecular complexity index is 773. The summed E-state index contributed by atoms with van der Waals surface area (Å²) in [7, 11) is 0. The molecule has 0 bridgehead atoms. The molecule has 0 aliphatic heterocycles. The first-order valence-corrected chi connectivity index (χ1v) is 7.30. The molecule has 106 valence electrons. The highest BCUT2D eigenvalue weighted by molar-refractivity contribution is 7.98. The first-order valence-electron chi connectivity index (χ1n) is 6.07. The lowest BCUT2D eigenvalue weighted by Gasteiger charge is -2.03. The molecule has 0 radical (unpaired) electrons. The Labute approximate surface area is 124 Å². The van der Waals surface area contributed by atoms with Crippen LogP contribution in [-0.2, 0) is 0 Å². The summed E-state index contributed by atoms with van der Waals surface area (Å²) in [5.41, 5.74) is 7.53. The van der Waals surface area contributed by atoms with Crippen LogP contribution in [-0.4, -0.2) is 21.4 Å². The largest absolute Gasteiger partial charge is 0.367 e. The van der Waals surface area contributed by atoms with Crippen molar-refractivity contribution in [1.82, 2.24) is 15.1 Å². The van der Waals surface area contributed by atoms with Gasteiger partial charge in [0.2, 0.25) is 5.88 Å². The third-order valence-electron chi connectivity index (χ3n) is 2.90. The van der Waals surface area contributed by atoms with Crippen LogP contribution in [0.1, 0.15) is 0 Å². The summed E-state index contributed by atoms with van der Waals surface area (Å²) in [5.74, 6) is 0.241. The number of rotatable bonds is 3. The van der Waals surface area contributed by atoms with Crippen LogP contribution in [0.25, 0.3) is 22.6 Å².